The van der Waals surface area contributed by atoms with E-state index in [-0.39, 0.29) is 0 Å². The van der Waals surface area contributed by atoms with E-state index < -0.39 is 0 Å². The molecule has 1 N–H and O–H groups in total. The van der Waals surface area contributed by atoms with Gasteiger partial charge in [0.2, 0.25) is 0 Å². The molecule has 0 aliphatic carbocycles. The lowest BCUT2D eigenvalue weighted by Crippen LogP contribution is -2.40. The Morgan fingerprint density at radius 1 is 1.21 bits per heavy atom. The molecule has 1 saturated heterocycles. The first-order chi connectivity index (χ1) is 9.40. The van der Waals surface area contributed by atoms with Crippen LogP contribution in [0, 0.1) is 0 Å². The second kappa shape index (κ2) is 8.31. The average molecular weight is 262 g/mol. The quantitative estimate of drug-likeness (QED) is 0.817. The average Bonchev–Trinajstić information content (AvgIpc) is 2.48. The van der Waals surface area contributed by atoms with Gasteiger partial charge in [-0.3, -0.25) is 4.90 Å². The second-order valence-corrected chi connectivity index (χ2v) is 5.16. The van der Waals surface area contributed by atoms with E-state index in [0.29, 0.717) is 6.04 Å². The molecule has 1 unspecified atom stereocenters. The highest BCUT2D eigenvalue weighted by Gasteiger charge is 2.12. The smallest absolute Gasteiger partial charge is 0.0594 e. The van der Waals surface area contributed by atoms with E-state index in [9.17, 15) is 0 Å². The van der Waals surface area contributed by atoms with Crippen molar-refractivity contribution in [3.8, 4) is 0 Å². The summed E-state index contributed by atoms with van der Waals surface area (Å²) in [4.78, 5) is 2.48. The Morgan fingerprint density at radius 3 is 2.63 bits per heavy atom. The number of nitrogens with zero attached hydrogens (tertiary/aromatic N) is 1. The summed E-state index contributed by atoms with van der Waals surface area (Å²) < 4.78 is 5.37. The van der Waals surface area contributed by atoms with Crippen LogP contribution in [0.3, 0.4) is 0 Å². The summed E-state index contributed by atoms with van der Waals surface area (Å²) in [6.45, 7) is 8.35. The van der Waals surface area contributed by atoms with E-state index >= 15 is 0 Å². The Hall–Kier alpha value is -0.900. The van der Waals surface area contributed by atoms with Crippen LogP contribution in [0.5, 0.6) is 0 Å². The van der Waals surface area contributed by atoms with Crippen molar-refractivity contribution in [1.82, 2.24) is 10.2 Å². The molecule has 19 heavy (non-hydrogen) atoms. The fraction of sp³-hybridized carbons (Fsp3) is 0.625. The lowest BCUT2D eigenvalue weighted by molar-refractivity contribution is 0.0381. The van der Waals surface area contributed by atoms with Crippen LogP contribution in [0.4, 0.5) is 0 Å². The van der Waals surface area contributed by atoms with Gasteiger partial charge in [0.1, 0.15) is 0 Å². The summed E-state index contributed by atoms with van der Waals surface area (Å²) in [6, 6.07) is 11.3. The number of ether oxygens (including phenoxy) is 1. The van der Waals surface area contributed by atoms with Crippen molar-refractivity contribution in [3.05, 3.63) is 35.9 Å². The normalized spacial score (nSPS) is 18.4. The van der Waals surface area contributed by atoms with Crippen molar-refractivity contribution in [3.63, 3.8) is 0 Å². The van der Waals surface area contributed by atoms with E-state index in [1.54, 1.807) is 0 Å². The summed E-state index contributed by atoms with van der Waals surface area (Å²) in [5.74, 6) is 0. The van der Waals surface area contributed by atoms with Crippen LogP contribution in [-0.2, 0) is 4.74 Å². The predicted octanol–water partition coefficient (Wildman–Crippen LogP) is 2.45. The van der Waals surface area contributed by atoms with Crippen LogP contribution in [0.25, 0.3) is 0 Å². The van der Waals surface area contributed by atoms with Crippen molar-refractivity contribution in [2.75, 3.05) is 39.4 Å². The lowest BCUT2D eigenvalue weighted by Gasteiger charge is -2.27. The molecule has 0 bridgehead atoms. The summed E-state index contributed by atoms with van der Waals surface area (Å²) in [7, 11) is 0. The Balaban J connectivity index is 1.77. The van der Waals surface area contributed by atoms with Gasteiger partial charge in [-0.25, -0.2) is 0 Å². The number of morpholine rings is 1. The predicted molar refractivity (Wildman–Crippen MR) is 79.4 cm³/mol. The highest BCUT2D eigenvalue weighted by atomic mass is 16.5. The first kappa shape index (κ1) is 14.5. The van der Waals surface area contributed by atoms with Crippen molar-refractivity contribution < 1.29 is 4.74 Å². The van der Waals surface area contributed by atoms with E-state index in [1.165, 1.54) is 18.4 Å². The molecule has 1 heterocycles. The molecule has 106 valence electrons. The minimum atomic E-state index is 0.493. The lowest BCUT2D eigenvalue weighted by atomic mass is 10.0. The summed E-state index contributed by atoms with van der Waals surface area (Å²) in [6.07, 6.45) is 2.41. The fourth-order valence-electron chi connectivity index (χ4n) is 2.58. The maximum Gasteiger partial charge on any atom is 0.0594 e. The van der Waals surface area contributed by atoms with E-state index in [2.05, 4.69) is 47.5 Å². The largest absolute Gasteiger partial charge is 0.379 e. The minimum Gasteiger partial charge on any atom is -0.379 e. The van der Waals surface area contributed by atoms with Gasteiger partial charge in [-0.2, -0.15) is 0 Å². The monoisotopic (exact) mass is 262 g/mol. The van der Waals surface area contributed by atoms with Crippen molar-refractivity contribution in [2.45, 2.75) is 25.8 Å². The van der Waals surface area contributed by atoms with Crippen LogP contribution in [0.15, 0.2) is 30.3 Å². The molecule has 1 aromatic carbocycles. The highest BCUT2D eigenvalue weighted by Crippen LogP contribution is 2.17. The van der Waals surface area contributed by atoms with Gasteiger partial charge in [0.25, 0.3) is 0 Å². The van der Waals surface area contributed by atoms with Gasteiger partial charge in [-0.15, -0.1) is 0 Å². The van der Waals surface area contributed by atoms with Crippen molar-refractivity contribution in [1.29, 1.82) is 0 Å². The highest BCUT2D eigenvalue weighted by molar-refractivity contribution is 5.18. The third kappa shape index (κ3) is 4.94. The molecule has 0 spiro atoms. The molecule has 3 heteroatoms. The number of hydrogen-bond acceptors (Lipinski definition) is 3. The topological polar surface area (TPSA) is 24.5 Å². The van der Waals surface area contributed by atoms with E-state index in [1.807, 2.05) is 0 Å². The van der Waals surface area contributed by atoms with Crippen LogP contribution >= 0.6 is 0 Å². The zero-order valence-corrected chi connectivity index (χ0v) is 12.0. The second-order valence-electron chi connectivity index (χ2n) is 5.16. The molecule has 1 fully saturated rings. The molecule has 1 aliphatic rings. The third-order valence-electron chi connectivity index (χ3n) is 3.70. The van der Waals surface area contributed by atoms with Crippen LogP contribution < -0.4 is 5.32 Å². The molecule has 1 atom stereocenters. The number of nitrogens with one attached hydrogen (secondary N) is 1. The molecule has 1 aromatic rings. The zero-order valence-electron chi connectivity index (χ0n) is 12.0. The number of benzene rings is 1. The first-order valence-electron chi connectivity index (χ1n) is 7.48. The molecule has 3 nitrogen and oxygen atoms in total. The van der Waals surface area contributed by atoms with Gasteiger partial charge >= 0.3 is 0 Å². The maximum atomic E-state index is 5.37. The first-order valence-corrected chi connectivity index (χ1v) is 7.48. The molecular weight excluding hydrogens is 236 g/mol. The molecule has 0 saturated carbocycles. The molecular formula is C16H26N2O. The summed E-state index contributed by atoms with van der Waals surface area (Å²) in [5.41, 5.74) is 1.41. The van der Waals surface area contributed by atoms with Gasteiger partial charge in [0.05, 0.1) is 13.2 Å². The zero-order chi connectivity index (χ0) is 13.3. The molecule has 2 rings (SSSR count). The fourth-order valence-corrected chi connectivity index (χ4v) is 2.58. The van der Waals surface area contributed by atoms with Crippen LogP contribution in [0.1, 0.15) is 31.4 Å². The van der Waals surface area contributed by atoms with Gasteiger partial charge in [-0.05, 0) is 12.0 Å². The molecule has 0 aromatic heterocycles. The Bertz CT molecular complexity index is 336. The number of hydrogen-bond donors (Lipinski definition) is 1. The van der Waals surface area contributed by atoms with Gasteiger partial charge in [0, 0.05) is 32.2 Å². The Morgan fingerprint density at radius 2 is 1.95 bits per heavy atom. The summed E-state index contributed by atoms with van der Waals surface area (Å²) >= 11 is 0. The third-order valence-corrected chi connectivity index (χ3v) is 3.70. The molecule has 0 radical (unpaired) electrons. The SMILES string of the molecule is CCCC(NCCN1CCOCC1)c1ccccc1. The van der Waals surface area contributed by atoms with Gasteiger partial charge in [0.15, 0.2) is 0 Å². The van der Waals surface area contributed by atoms with Gasteiger partial charge in [-0.1, -0.05) is 43.7 Å². The molecule has 1 aliphatic heterocycles. The van der Waals surface area contributed by atoms with Crippen molar-refractivity contribution >= 4 is 0 Å². The minimum absolute atomic E-state index is 0.493. The van der Waals surface area contributed by atoms with Gasteiger partial charge < -0.3 is 10.1 Å². The Labute approximate surface area is 116 Å². The molecule has 0 amide bonds. The van der Waals surface area contributed by atoms with Crippen LogP contribution in [0.2, 0.25) is 0 Å². The van der Waals surface area contributed by atoms with Crippen molar-refractivity contribution in [2.24, 2.45) is 0 Å². The summed E-state index contributed by atoms with van der Waals surface area (Å²) in [5, 5.41) is 3.70. The maximum absolute atomic E-state index is 5.37. The van der Waals surface area contributed by atoms with E-state index in [4.69, 9.17) is 4.74 Å². The van der Waals surface area contributed by atoms with Crippen LogP contribution in [-0.4, -0.2) is 44.3 Å². The number of rotatable bonds is 7. The Kier molecular flexibility index (Phi) is 6.34. The van der Waals surface area contributed by atoms with E-state index in [0.717, 1.165) is 39.4 Å². The standard InChI is InChI=1S/C16H26N2O/c1-2-6-16(15-7-4-3-5-8-15)17-9-10-18-11-13-19-14-12-18/h3-5,7-8,16-17H,2,6,9-14H2,1H3.